The Balaban J connectivity index is 2.31. The zero-order chi connectivity index (χ0) is 10.1. The minimum absolute atomic E-state index is 0.0747. The van der Waals surface area contributed by atoms with Crippen molar-refractivity contribution in [2.45, 2.75) is 30.6 Å². The van der Waals surface area contributed by atoms with Gasteiger partial charge < -0.3 is 0 Å². The highest BCUT2D eigenvalue weighted by atomic mass is 35.5. The van der Waals surface area contributed by atoms with Crippen LogP contribution >= 0.6 is 23.2 Å². The smallest absolute Gasteiger partial charge is 0.128 e. The lowest BCUT2D eigenvalue weighted by Crippen LogP contribution is -2.06. The molecule has 0 amide bonds. The largest absolute Gasteiger partial charge is 0.207 e. The molecule has 0 bridgehead atoms. The Bertz CT molecular complexity index is 338. The monoisotopic (exact) mass is 232 g/mol. The van der Waals surface area contributed by atoms with Crippen LogP contribution in [0.25, 0.3) is 0 Å². The van der Waals surface area contributed by atoms with Crippen LogP contribution in [0.5, 0.6) is 0 Å². The van der Waals surface area contributed by atoms with Gasteiger partial charge in [-0.25, -0.2) is 4.39 Å². The predicted octanol–water partition coefficient (Wildman–Crippen LogP) is 4.35. The molecule has 0 radical (unpaired) electrons. The summed E-state index contributed by atoms with van der Waals surface area (Å²) in [7, 11) is 0. The molecule has 0 N–H and O–H groups in total. The molecule has 2 unspecified atom stereocenters. The van der Waals surface area contributed by atoms with Crippen molar-refractivity contribution in [1.82, 2.24) is 0 Å². The lowest BCUT2D eigenvalue weighted by Gasteiger charge is -2.14. The summed E-state index contributed by atoms with van der Waals surface area (Å²) >= 11 is 11.8. The van der Waals surface area contributed by atoms with Gasteiger partial charge in [0.15, 0.2) is 0 Å². The number of alkyl halides is 1. The molecule has 14 heavy (non-hydrogen) atoms. The Labute approximate surface area is 93.0 Å². The second-order valence-corrected chi connectivity index (χ2v) is 4.72. The van der Waals surface area contributed by atoms with Gasteiger partial charge in [0.05, 0.1) is 0 Å². The number of hydrogen-bond acceptors (Lipinski definition) is 0. The second-order valence-electron chi connectivity index (χ2n) is 3.72. The van der Waals surface area contributed by atoms with E-state index in [1.54, 1.807) is 12.1 Å². The summed E-state index contributed by atoms with van der Waals surface area (Å²) in [4.78, 5) is 0. The van der Waals surface area contributed by atoms with Crippen LogP contribution < -0.4 is 0 Å². The Morgan fingerprint density at radius 1 is 1.29 bits per heavy atom. The van der Waals surface area contributed by atoms with Gasteiger partial charge in [0.2, 0.25) is 0 Å². The lowest BCUT2D eigenvalue weighted by molar-refractivity contribution is 0.582. The van der Waals surface area contributed by atoms with E-state index in [1.165, 1.54) is 6.07 Å². The molecule has 2 atom stereocenters. The van der Waals surface area contributed by atoms with Crippen molar-refractivity contribution < 1.29 is 4.39 Å². The van der Waals surface area contributed by atoms with Gasteiger partial charge in [-0.15, -0.1) is 11.6 Å². The van der Waals surface area contributed by atoms with Crippen molar-refractivity contribution in [3.63, 3.8) is 0 Å². The molecular weight excluding hydrogens is 222 g/mol. The van der Waals surface area contributed by atoms with Crippen LogP contribution in [0, 0.1) is 5.82 Å². The van der Waals surface area contributed by atoms with E-state index in [1.807, 2.05) is 0 Å². The maximum atomic E-state index is 13.5. The van der Waals surface area contributed by atoms with Crippen molar-refractivity contribution >= 4 is 23.2 Å². The molecule has 3 heteroatoms. The molecule has 0 heterocycles. The van der Waals surface area contributed by atoms with Crippen molar-refractivity contribution in [1.29, 1.82) is 0 Å². The molecule has 76 valence electrons. The van der Waals surface area contributed by atoms with Crippen molar-refractivity contribution in [2.24, 2.45) is 0 Å². The fourth-order valence-corrected chi connectivity index (χ4v) is 2.64. The fourth-order valence-electron chi connectivity index (χ4n) is 2.07. The van der Waals surface area contributed by atoms with Crippen LogP contribution in [-0.4, -0.2) is 5.38 Å². The lowest BCUT2D eigenvalue weighted by atomic mass is 9.97. The van der Waals surface area contributed by atoms with E-state index in [0.29, 0.717) is 10.6 Å². The predicted molar refractivity (Wildman–Crippen MR) is 57.6 cm³/mol. The van der Waals surface area contributed by atoms with E-state index >= 15 is 0 Å². The minimum atomic E-state index is -0.227. The van der Waals surface area contributed by atoms with E-state index in [4.69, 9.17) is 23.2 Å². The average molecular weight is 233 g/mol. The minimum Gasteiger partial charge on any atom is -0.207 e. The summed E-state index contributed by atoms with van der Waals surface area (Å²) in [5.41, 5.74) is 0.715. The summed E-state index contributed by atoms with van der Waals surface area (Å²) in [6.07, 6.45) is 3.04. The highest BCUT2D eigenvalue weighted by Crippen LogP contribution is 2.39. The Morgan fingerprint density at radius 2 is 2.07 bits per heavy atom. The molecule has 0 nitrogen and oxygen atoms in total. The molecule has 0 spiro atoms. The van der Waals surface area contributed by atoms with Gasteiger partial charge >= 0.3 is 0 Å². The SMILES string of the molecule is Fc1cc(Cl)ccc1C1CCCC1Cl. The topological polar surface area (TPSA) is 0 Å². The van der Waals surface area contributed by atoms with Gasteiger partial charge in [0, 0.05) is 16.3 Å². The summed E-state index contributed by atoms with van der Waals surface area (Å²) in [5, 5.41) is 0.515. The maximum Gasteiger partial charge on any atom is 0.128 e. The zero-order valence-corrected chi connectivity index (χ0v) is 9.15. The molecule has 1 aromatic carbocycles. The Kier molecular flexibility index (Phi) is 2.99. The number of benzene rings is 1. The van der Waals surface area contributed by atoms with E-state index in [-0.39, 0.29) is 17.1 Å². The Hall–Kier alpha value is -0.270. The van der Waals surface area contributed by atoms with Crippen LogP contribution in [0.15, 0.2) is 18.2 Å². The summed E-state index contributed by atoms with van der Waals surface area (Å²) in [5.74, 6) is -0.0658. The molecule has 1 fully saturated rings. The first-order valence-corrected chi connectivity index (χ1v) is 5.59. The van der Waals surface area contributed by atoms with Crippen LogP contribution in [0.2, 0.25) is 5.02 Å². The van der Waals surface area contributed by atoms with Crippen LogP contribution in [0.1, 0.15) is 30.7 Å². The highest BCUT2D eigenvalue weighted by Gasteiger charge is 2.28. The third-order valence-corrected chi connectivity index (χ3v) is 3.55. The second kappa shape index (κ2) is 4.08. The third-order valence-electron chi connectivity index (χ3n) is 2.79. The first-order valence-electron chi connectivity index (χ1n) is 4.77. The van der Waals surface area contributed by atoms with Gasteiger partial charge in [0.25, 0.3) is 0 Å². The molecule has 0 aliphatic heterocycles. The highest BCUT2D eigenvalue weighted by molar-refractivity contribution is 6.30. The fraction of sp³-hybridized carbons (Fsp3) is 0.455. The number of halogens is 3. The van der Waals surface area contributed by atoms with Crippen LogP contribution in [0.3, 0.4) is 0 Å². The van der Waals surface area contributed by atoms with Gasteiger partial charge in [0.1, 0.15) is 5.82 Å². The van der Waals surface area contributed by atoms with Crippen molar-refractivity contribution in [3.05, 3.63) is 34.6 Å². The molecule has 1 aromatic rings. The summed E-state index contributed by atoms with van der Waals surface area (Å²) < 4.78 is 13.5. The summed E-state index contributed by atoms with van der Waals surface area (Å²) in [6.45, 7) is 0. The Morgan fingerprint density at radius 3 is 2.64 bits per heavy atom. The zero-order valence-electron chi connectivity index (χ0n) is 7.64. The van der Waals surface area contributed by atoms with E-state index in [0.717, 1.165) is 19.3 Å². The van der Waals surface area contributed by atoms with Gasteiger partial charge in [-0.3, -0.25) is 0 Å². The molecule has 1 saturated carbocycles. The normalized spacial score (nSPS) is 26.8. The molecule has 2 rings (SSSR count). The van der Waals surface area contributed by atoms with Crippen LogP contribution in [0.4, 0.5) is 4.39 Å². The van der Waals surface area contributed by atoms with E-state index in [2.05, 4.69) is 0 Å². The molecule has 1 aliphatic carbocycles. The van der Waals surface area contributed by atoms with E-state index in [9.17, 15) is 4.39 Å². The van der Waals surface area contributed by atoms with Crippen LogP contribution in [-0.2, 0) is 0 Å². The standard InChI is InChI=1S/C11H11Cl2F/c12-7-4-5-9(11(14)6-7)8-2-1-3-10(8)13/h4-6,8,10H,1-3H2. The molecule has 0 aromatic heterocycles. The first kappa shape index (κ1) is 10.3. The van der Waals surface area contributed by atoms with E-state index < -0.39 is 0 Å². The number of hydrogen-bond donors (Lipinski definition) is 0. The first-order chi connectivity index (χ1) is 6.68. The van der Waals surface area contributed by atoms with Crippen molar-refractivity contribution in [3.8, 4) is 0 Å². The third kappa shape index (κ3) is 1.89. The molecule has 1 aliphatic rings. The quantitative estimate of drug-likeness (QED) is 0.632. The molecular formula is C11H11Cl2F. The average Bonchev–Trinajstić information content (AvgIpc) is 2.52. The van der Waals surface area contributed by atoms with Crippen molar-refractivity contribution in [2.75, 3.05) is 0 Å². The number of rotatable bonds is 1. The van der Waals surface area contributed by atoms with Gasteiger partial charge in [-0.05, 0) is 30.5 Å². The van der Waals surface area contributed by atoms with Gasteiger partial charge in [-0.1, -0.05) is 24.1 Å². The maximum absolute atomic E-state index is 13.5. The van der Waals surface area contributed by atoms with Gasteiger partial charge in [-0.2, -0.15) is 0 Å². The summed E-state index contributed by atoms with van der Waals surface area (Å²) in [6, 6.07) is 4.84. The molecule has 0 saturated heterocycles.